The molecule has 0 fully saturated rings. The normalized spacial score (nSPS) is 11.0. The van der Waals surface area contributed by atoms with Gasteiger partial charge in [-0.15, -0.1) is 11.3 Å². The predicted molar refractivity (Wildman–Crippen MR) is 133 cm³/mol. The Kier molecular flexibility index (Phi) is 6.53. The van der Waals surface area contributed by atoms with Crippen molar-refractivity contribution in [2.75, 3.05) is 17.7 Å². The van der Waals surface area contributed by atoms with Gasteiger partial charge in [-0.25, -0.2) is 14.8 Å². The molecule has 0 aliphatic rings. The summed E-state index contributed by atoms with van der Waals surface area (Å²) in [6.07, 6.45) is 0. The maximum atomic E-state index is 12.3. The minimum absolute atomic E-state index is 0.322. The molecule has 0 unspecified atom stereocenters. The first kappa shape index (κ1) is 22.0. The number of hydrogen-bond donors (Lipinski definition) is 2. The first-order valence-electron chi connectivity index (χ1n) is 10.3. The van der Waals surface area contributed by atoms with E-state index in [-0.39, 0.29) is 5.97 Å². The second kappa shape index (κ2) is 9.50. The number of carbonyl (C=O) groups is 1. The van der Waals surface area contributed by atoms with Crippen LogP contribution in [-0.4, -0.2) is 22.5 Å². The third-order valence-electron chi connectivity index (χ3n) is 4.88. The number of thiazole rings is 2. The van der Waals surface area contributed by atoms with Crippen LogP contribution in [0.4, 0.5) is 16.6 Å². The number of esters is 1. The van der Waals surface area contributed by atoms with E-state index in [4.69, 9.17) is 15.5 Å². The fourth-order valence-electron chi connectivity index (χ4n) is 3.21. The van der Waals surface area contributed by atoms with E-state index in [0.717, 1.165) is 21.1 Å². The molecule has 0 saturated heterocycles. The highest BCUT2D eigenvalue weighted by Crippen LogP contribution is 2.39. The zero-order valence-corrected chi connectivity index (χ0v) is 19.7. The van der Waals surface area contributed by atoms with E-state index in [1.807, 2.05) is 35.7 Å². The summed E-state index contributed by atoms with van der Waals surface area (Å²) in [5.74, 6) is 0.556. The molecule has 2 aromatic heterocycles. The molecule has 4 rings (SSSR count). The molecule has 0 atom stereocenters. The van der Waals surface area contributed by atoms with Crippen molar-refractivity contribution in [2.45, 2.75) is 26.7 Å². The number of anilines is 3. The Labute approximate surface area is 195 Å². The van der Waals surface area contributed by atoms with Gasteiger partial charge in [-0.1, -0.05) is 55.5 Å². The van der Waals surface area contributed by atoms with E-state index in [9.17, 15) is 4.79 Å². The Balaban J connectivity index is 1.58. The smallest absolute Gasteiger partial charge is 0.338 e. The van der Waals surface area contributed by atoms with Crippen molar-refractivity contribution < 1.29 is 9.53 Å². The number of rotatable bonds is 7. The molecule has 2 heterocycles. The lowest BCUT2D eigenvalue weighted by Gasteiger charge is -2.07. The molecular formula is C24H24N4O2S2. The Bertz CT molecular complexity index is 1230. The van der Waals surface area contributed by atoms with Crippen molar-refractivity contribution in [3.05, 3.63) is 65.0 Å². The van der Waals surface area contributed by atoms with E-state index >= 15 is 0 Å². The van der Waals surface area contributed by atoms with Gasteiger partial charge < -0.3 is 15.8 Å². The standard InChI is InChI=1S/C24H24N4O2S2/c1-4-30-23(29)18-8-6-5-7-17(18)19-13-31-22(27-19)20-21(25)28-24(32-20)26-16-11-9-15(10-12-16)14(2)3/h5-14H,4,25H2,1-3H3,(H,26,28). The van der Waals surface area contributed by atoms with Crippen LogP contribution >= 0.6 is 22.7 Å². The van der Waals surface area contributed by atoms with Gasteiger partial charge in [-0.3, -0.25) is 0 Å². The number of carbonyl (C=O) groups excluding carboxylic acids is 1. The number of ether oxygens (including phenoxy) is 1. The number of aromatic nitrogens is 2. The van der Waals surface area contributed by atoms with Crippen LogP contribution in [0, 0.1) is 0 Å². The Morgan fingerprint density at radius 1 is 1.12 bits per heavy atom. The molecule has 2 aromatic carbocycles. The first-order chi connectivity index (χ1) is 15.5. The summed E-state index contributed by atoms with van der Waals surface area (Å²) in [4.78, 5) is 22.3. The maximum Gasteiger partial charge on any atom is 0.338 e. The van der Waals surface area contributed by atoms with Crippen molar-refractivity contribution in [2.24, 2.45) is 0 Å². The topological polar surface area (TPSA) is 90.1 Å². The molecule has 164 valence electrons. The number of nitrogens with zero attached hydrogens (tertiary/aromatic N) is 2. The lowest BCUT2D eigenvalue weighted by molar-refractivity contribution is 0.0527. The number of benzene rings is 2. The highest BCUT2D eigenvalue weighted by atomic mass is 32.1. The van der Waals surface area contributed by atoms with Crippen LogP contribution in [0.25, 0.3) is 21.1 Å². The lowest BCUT2D eigenvalue weighted by atomic mass is 10.0. The van der Waals surface area contributed by atoms with Crippen molar-refractivity contribution in [3.63, 3.8) is 0 Å². The van der Waals surface area contributed by atoms with Gasteiger partial charge >= 0.3 is 5.97 Å². The van der Waals surface area contributed by atoms with Crippen molar-refractivity contribution in [1.29, 1.82) is 0 Å². The van der Waals surface area contributed by atoms with Crippen LogP contribution in [0.15, 0.2) is 53.9 Å². The quantitative estimate of drug-likeness (QED) is 0.301. The largest absolute Gasteiger partial charge is 0.462 e. The summed E-state index contributed by atoms with van der Waals surface area (Å²) in [5.41, 5.74) is 10.4. The number of nitrogen functional groups attached to an aromatic ring is 1. The number of hydrogen-bond acceptors (Lipinski definition) is 8. The number of nitrogens with one attached hydrogen (secondary N) is 1. The van der Waals surface area contributed by atoms with Crippen molar-refractivity contribution in [3.8, 4) is 21.1 Å². The summed E-state index contributed by atoms with van der Waals surface area (Å²) >= 11 is 2.92. The van der Waals surface area contributed by atoms with Crippen LogP contribution in [0.5, 0.6) is 0 Å². The van der Waals surface area contributed by atoms with Crippen molar-refractivity contribution in [1.82, 2.24) is 9.97 Å². The second-order valence-corrected chi connectivity index (χ2v) is 9.30. The Morgan fingerprint density at radius 2 is 1.88 bits per heavy atom. The summed E-state index contributed by atoms with van der Waals surface area (Å²) in [7, 11) is 0. The van der Waals surface area contributed by atoms with Gasteiger partial charge in [0, 0.05) is 16.6 Å². The third-order valence-corrected chi connectivity index (χ3v) is 6.86. The second-order valence-electron chi connectivity index (χ2n) is 7.44. The highest BCUT2D eigenvalue weighted by Gasteiger charge is 2.19. The van der Waals surface area contributed by atoms with Gasteiger partial charge in [0.2, 0.25) is 0 Å². The molecule has 0 amide bonds. The van der Waals surface area contributed by atoms with Gasteiger partial charge in [0.05, 0.1) is 17.9 Å². The van der Waals surface area contributed by atoms with Crippen LogP contribution in [0.2, 0.25) is 0 Å². The molecule has 0 bridgehead atoms. The SMILES string of the molecule is CCOC(=O)c1ccccc1-c1csc(-c2sc(Nc3ccc(C(C)C)cc3)nc2N)n1. The summed E-state index contributed by atoms with van der Waals surface area (Å²) in [5, 5.41) is 6.71. The molecular weight excluding hydrogens is 440 g/mol. The lowest BCUT2D eigenvalue weighted by Crippen LogP contribution is -2.06. The molecule has 32 heavy (non-hydrogen) atoms. The highest BCUT2D eigenvalue weighted by molar-refractivity contribution is 7.23. The monoisotopic (exact) mass is 464 g/mol. The van der Waals surface area contributed by atoms with E-state index in [2.05, 4.69) is 36.3 Å². The zero-order valence-electron chi connectivity index (χ0n) is 18.1. The van der Waals surface area contributed by atoms with Gasteiger partial charge in [-0.2, -0.15) is 0 Å². The van der Waals surface area contributed by atoms with Gasteiger partial charge in [0.15, 0.2) is 5.13 Å². The van der Waals surface area contributed by atoms with E-state index < -0.39 is 0 Å². The molecule has 4 aromatic rings. The fourth-order valence-corrected chi connectivity index (χ4v) is 5.03. The van der Waals surface area contributed by atoms with Crippen LogP contribution < -0.4 is 11.1 Å². The summed E-state index contributed by atoms with van der Waals surface area (Å²) < 4.78 is 5.18. The molecule has 0 spiro atoms. The number of nitrogens with two attached hydrogens (primary N) is 1. The van der Waals surface area contributed by atoms with Gasteiger partial charge in [0.1, 0.15) is 15.7 Å². The minimum Gasteiger partial charge on any atom is -0.462 e. The fraction of sp³-hybridized carbons (Fsp3) is 0.208. The molecule has 0 saturated carbocycles. The molecule has 0 aliphatic heterocycles. The molecule has 6 nitrogen and oxygen atoms in total. The molecule has 0 aliphatic carbocycles. The van der Waals surface area contributed by atoms with Crippen molar-refractivity contribution >= 4 is 45.3 Å². The van der Waals surface area contributed by atoms with Gasteiger partial charge in [0.25, 0.3) is 0 Å². The molecule has 8 heteroatoms. The van der Waals surface area contributed by atoms with Crippen LogP contribution in [0.3, 0.4) is 0 Å². The minimum atomic E-state index is -0.357. The average Bonchev–Trinajstić information content (AvgIpc) is 3.41. The first-order valence-corrected chi connectivity index (χ1v) is 12.0. The van der Waals surface area contributed by atoms with E-state index in [1.165, 1.54) is 28.2 Å². The zero-order chi connectivity index (χ0) is 22.7. The molecule has 3 N–H and O–H groups in total. The molecule has 0 radical (unpaired) electrons. The van der Waals surface area contributed by atoms with Gasteiger partial charge in [-0.05, 0) is 36.6 Å². The van der Waals surface area contributed by atoms with E-state index in [0.29, 0.717) is 34.7 Å². The summed E-state index contributed by atoms with van der Waals surface area (Å²) in [6.45, 7) is 6.45. The summed E-state index contributed by atoms with van der Waals surface area (Å²) in [6, 6.07) is 15.6. The van der Waals surface area contributed by atoms with E-state index in [1.54, 1.807) is 13.0 Å². The Morgan fingerprint density at radius 3 is 2.59 bits per heavy atom. The predicted octanol–water partition coefficient (Wildman–Crippen LogP) is 6.56. The third kappa shape index (κ3) is 4.66. The Hall–Kier alpha value is -3.23. The van der Waals surface area contributed by atoms with Crippen LogP contribution in [-0.2, 0) is 4.74 Å². The van der Waals surface area contributed by atoms with Crippen LogP contribution in [0.1, 0.15) is 42.6 Å². The maximum absolute atomic E-state index is 12.3. The average molecular weight is 465 g/mol.